The number of nitrogens with zero attached hydrogens (tertiary/aromatic N) is 1. The Kier molecular flexibility index (Phi) is 4.11. The summed E-state index contributed by atoms with van der Waals surface area (Å²) in [6.07, 6.45) is 3.68. The van der Waals surface area contributed by atoms with Crippen LogP contribution in [0.4, 0.5) is 0 Å². The predicted molar refractivity (Wildman–Crippen MR) is 75.4 cm³/mol. The molecule has 1 aromatic carbocycles. The molecule has 0 saturated carbocycles. The molecule has 1 N–H and O–H groups in total. The van der Waals surface area contributed by atoms with E-state index in [4.69, 9.17) is 0 Å². The van der Waals surface area contributed by atoms with Crippen LogP contribution in [0, 0.1) is 13.8 Å². The lowest BCUT2D eigenvalue weighted by molar-refractivity contribution is 0.574. The Bertz CT molecular complexity index is 486. The standard InChI is InChI=1S/C16H20N2/c1-12-8-13(2)10-15(9-12)11-18-14(3)16-4-6-17-7-5-16/h4-10,14,18H,11H2,1-3H3/t14-/m1/s1. The minimum atomic E-state index is 0.341. The van der Waals surface area contributed by atoms with Gasteiger partial charge in [0.15, 0.2) is 0 Å². The highest BCUT2D eigenvalue weighted by Crippen LogP contribution is 2.13. The molecular formula is C16H20N2. The Hall–Kier alpha value is -1.67. The molecule has 0 saturated heterocycles. The summed E-state index contributed by atoms with van der Waals surface area (Å²) in [5, 5.41) is 3.54. The maximum Gasteiger partial charge on any atom is 0.0296 e. The lowest BCUT2D eigenvalue weighted by atomic mass is 10.1. The highest BCUT2D eigenvalue weighted by Gasteiger charge is 2.04. The van der Waals surface area contributed by atoms with Crippen molar-refractivity contribution in [3.63, 3.8) is 0 Å². The lowest BCUT2D eigenvalue weighted by Crippen LogP contribution is -2.18. The van der Waals surface area contributed by atoms with Crippen molar-refractivity contribution in [1.29, 1.82) is 0 Å². The highest BCUT2D eigenvalue weighted by molar-refractivity contribution is 5.28. The molecule has 2 nitrogen and oxygen atoms in total. The van der Waals surface area contributed by atoms with Crippen molar-refractivity contribution in [3.8, 4) is 0 Å². The second kappa shape index (κ2) is 5.78. The van der Waals surface area contributed by atoms with E-state index in [1.165, 1.54) is 22.3 Å². The van der Waals surface area contributed by atoms with Crippen LogP contribution in [0.15, 0.2) is 42.7 Å². The third-order valence-corrected chi connectivity index (χ3v) is 3.10. The van der Waals surface area contributed by atoms with Crippen molar-refractivity contribution >= 4 is 0 Å². The minimum absolute atomic E-state index is 0.341. The Morgan fingerprint density at radius 1 is 1.06 bits per heavy atom. The fourth-order valence-electron chi connectivity index (χ4n) is 2.21. The number of aryl methyl sites for hydroxylation is 2. The summed E-state index contributed by atoms with van der Waals surface area (Å²) in [6, 6.07) is 11.1. The minimum Gasteiger partial charge on any atom is -0.306 e. The van der Waals surface area contributed by atoms with Crippen molar-refractivity contribution < 1.29 is 0 Å². The molecule has 2 aromatic rings. The average molecular weight is 240 g/mol. The van der Waals surface area contributed by atoms with Crippen LogP contribution in [0.25, 0.3) is 0 Å². The maximum absolute atomic E-state index is 4.04. The molecule has 2 rings (SSSR count). The third-order valence-electron chi connectivity index (χ3n) is 3.10. The molecule has 1 heterocycles. The molecule has 0 radical (unpaired) electrons. The third kappa shape index (κ3) is 3.41. The number of benzene rings is 1. The maximum atomic E-state index is 4.04. The topological polar surface area (TPSA) is 24.9 Å². The van der Waals surface area contributed by atoms with Crippen LogP contribution in [0.2, 0.25) is 0 Å². The van der Waals surface area contributed by atoms with Gasteiger partial charge >= 0.3 is 0 Å². The number of rotatable bonds is 4. The summed E-state index contributed by atoms with van der Waals surface area (Å²) in [4.78, 5) is 4.04. The number of nitrogens with one attached hydrogen (secondary N) is 1. The van der Waals surface area contributed by atoms with Gasteiger partial charge in [0.25, 0.3) is 0 Å². The van der Waals surface area contributed by atoms with Crippen molar-refractivity contribution in [2.75, 3.05) is 0 Å². The first-order valence-corrected chi connectivity index (χ1v) is 6.35. The zero-order valence-corrected chi connectivity index (χ0v) is 11.3. The molecule has 0 spiro atoms. The summed E-state index contributed by atoms with van der Waals surface area (Å²) in [6.45, 7) is 7.36. The van der Waals surface area contributed by atoms with Crippen LogP contribution in [-0.4, -0.2) is 4.98 Å². The Morgan fingerprint density at radius 3 is 2.28 bits per heavy atom. The van der Waals surface area contributed by atoms with E-state index >= 15 is 0 Å². The van der Waals surface area contributed by atoms with Gasteiger partial charge in [0.1, 0.15) is 0 Å². The predicted octanol–water partition coefficient (Wildman–Crippen LogP) is 3.55. The van der Waals surface area contributed by atoms with E-state index in [0.29, 0.717) is 6.04 Å². The molecule has 0 unspecified atom stereocenters. The van der Waals surface area contributed by atoms with Crippen LogP contribution in [-0.2, 0) is 6.54 Å². The molecular weight excluding hydrogens is 220 g/mol. The van der Waals surface area contributed by atoms with Gasteiger partial charge in [-0.25, -0.2) is 0 Å². The second-order valence-electron chi connectivity index (χ2n) is 4.88. The fourth-order valence-corrected chi connectivity index (χ4v) is 2.21. The van der Waals surface area contributed by atoms with Crippen LogP contribution in [0.1, 0.15) is 35.2 Å². The van der Waals surface area contributed by atoms with E-state index in [1.54, 1.807) is 0 Å². The van der Waals surface area contributed by atoms with Crippen LogP contribution < -0.4 is 5.32 Å². The number of hydrogen-bond donors (Lipinski definition) is 1. The first kappa shape index (κ1) is 12.8. The van der Waals surface area contributed by atoms with Gasteiger partial charge in [-0.3, -0.25) is 4.98 Å². The summed E-state index contributed by atoms with van der Waals surface area (Å²) >= 11 is 0. The smallest absolute Gasteiger partial charge is 0.0296 e. The van der Waals surface area contributed by atoms with Gasteiger partial charge in [-0.1, -0.05) is 29.3 Å². The van der Waals surface area contributed by atoms with Gasteiger partial charge in [0.05, 0.1) is 0 Å². The Balaban J connectivity index is 1.99. The molecule has 94 valence electrons. The van der Waals surface area contributed by atoms with Gasteiger partial charge in [-0.15, -0.1) is 0 Å². The summed E-state index contributed by atoms with van der Waals surface area (Å²) in [5.41, 5.74) is 5.26. The SMILES string of the molecule is Cc1cc(C)cc(CN[C@H](C)c2ccncc2)c1. The van der Waals surface area contributed by atoms with Crippen LogP contribution >= 0.6 is 0 Å². The molecule has 0 aliphatic rings. The molecule has 0 fully saturated rings. The second-order valence-corrected chi connectivity index (χ2v) is 4.88. The number of pyridine rings is 1. The average Bonchev–Trinajstić information content (AvgIpc) is 2.36. The number of hydrogen-bond acceptors (Lipinski definition) is 2. The van der Waals surface area contributed by atoms with Crippen LogP contribution in [0.5, 0.6) is 0 Å². The molecule has 18 heavy (non-hydrogen) atoms. The summed E-state index contributed by atoms with van der Waals surface area (Å²) < 4.78 is 0. The van der Waals surface area contributed by atoms with E-state index in [-0.39, 0.29) is 0 Å². The zero-order valence-electron chi connectivity index (χ0n) is 11.3. The Morgan fingerprint density at radius 2 is 1.67 bits per heavy atom. The van der Waals surface area contributed by atoms with E-state index in [9.17, 15) is 0 Å². The molecule has 0 aliphatic carbocycles. The first-order valence-electron chi connectivity index (χ1n) is 6.35. The van der Waals surface area contributed by atoms with Gasteiger partial charge in [0, 0.05) is 25.0 Å². The fraction of sp³-hybridized carbons (Fsp3) is 0.312. The molecule has 1 atom stereocenters. The van der Waals surface area contributed by atoms with Crippen molar-refractivity contribution in [2.45, 2.75) is 33.4 Å². The molecule has 2 heteroatoms. The van der Waals surface area contributed by atoms with Crippen molar-refractivity contribution in [2.24, 2.45) is 0 Å². The van der Waals surface area contributed by atoms with E-state index < -0.39 is 0 Å². The van der Waals surface area contributed by atoms with Crippen molar-refractivity contribution in [3.05, 3.63) is 65.0 Å². The summed E-state index contributed by atoms with van der Waals surface area (Å²) in [7, 11) is 0. The van der Waals surface area contributed by atoms with Gasteiger partial charge < -0.3 is 5.32 Å². The molecule has 1 aromatic heterocycles. The normalized spacial score (nSPS) is 12.4. The molecule has 0 aliphatic heterocycles. The quantitative estimate of drug-likeness (QED) is 0.884. The first-order chi connectivity index (χ1) is 8.65. The van der Waals surface area contributed by atoms with Gasteiger partial charge in [0.2, 0.25) is 0 Å². The van der Waals surface area contributed by atoms with Gasteiger partial charge in [-0.05, 0) is 44.0 Å². The lowest BCUT2D eigenvalue weighted by Gasteiger charge is -2.14. The Labute approximate surface area is 109 Å². The largest absolute Gasteiger partial charge is 0.306 e. The van der Waals surface area contributed by atoms with E-state index in [1.807, 2.05) is 12.4 Å². The van der Waals surface area contributed by atoms with E-state index in [0.717, 1.165) is 6.54 Å². The highest BCUT2D eigenvalue weighted by atomic mass is 14.9. The zero-order chi connectivity index (χ0) is 13.0. The molecule has 0 amide bonds. The summed E-state index contributed by atoms with van der Waals surface area (Å²) in [5.74, 6) is 0. The van der Waals surface area contributed by atoms with Crippen molar-refractivity contribution in [1.82, 2.24) is 10.3 Å². The molecule has 0 bridgehead atoms. The van der Waals surface area contributed by atoms with E-state index in [2.05, 4.69) is 61.4 Å². The number of aromatic nitrogens is 1. The van der Waals surface area contributed by atoms with Gasteiger partial charge in [-0.2, -0.15) is 0 Å². The van der Waals surface area contributed by atoms with Crippen LogP contribution in [0.3, 0.4) is 0 Å². The monoisotopic (exact) mass is 240 g/mol.